The molecule has 0 saturated heterocycles. The Balaban J connectivity index is 1.76. The molecule has 3 rings (SSSR count). The molecular weight excluding hydrogens is 258 g/mol. The average Bonchev–Trinajstić information content (AvgIpc) is 3.13. The third kappa shape index (κ3) is 2.04. The molecule has 3 aliphatic carbocycles. The summed E-state index contributed by atoms with van der Waals surface area (Å²) in [6, 6.07) is 0. The van der Waals surface area contributed by atoms with E-state index in [1.54, 1.807) is 0 Å². The van der Waals surface area contributed by atoms with Gasteiger partial charge in [0.1, 0.15) is 0 Å². The molecule has 3 aliphatic rings. The van der Waals surface area contributed by atoms with E-state index in [9.17, 15) is 19.8 Å². The number of aliphatic hydroxyl groups is 1. The molecule has 4 unspecified atom stereocenters. The molecule has 2 fully saturated rings. The largest absolute Gasteiger partial charge is 0.481 e. The summed E-state index contributed by atoms with van der Waals surface area (Å²) in [7, 11) is 0. The lowest BCUT2D eigenvalue weighted by Crippen LogP contribution is -2.53. The van der Waals surface area contributed by atoms with Crippen LogP contribution in [0.25, 0.3) is 0 Å². The summed E-state index contributed by atoms with van der Waals surface area (Å²) in [6.07, 6.45) is 8.24. The van der Waals surface area contributed by atoms with Gasteiger partial charge in [-0.25, -0.2) is 0 Å². The average molecular weight is 279 g/mol. The normalized spacial score (nSPS) is 37.2. The van der Waals surface area contributed by atoms with E-state index in [1.165, 1.54) is 0 Å². The molecule has 2 saturated carbocycles. The number of carbonyl (C=O) groups excluding carboxylic acids is 1. The quantitative estimate of drug-likeness (QED) is 0.668. The van der Waals surface area contributed by atoms with Gasteiger partial charge in [-0.1, -0.05) is 25.0 Å². The summed E-state index contributed by atoms with van der Waals surface area (Å²) in [5, 5.41) is 21.9. The molecule has 0 aromatic rings. The molecule has 110 valence electrons. The molecule has 2 bridgehead atoms. The summed E-state index contributed by atoms with van der Waals surface area (Å²) in [4.78, 5) is 24.0. The fourth-order valence-electron chi connectivity index (χ4n) is 4.24. The number of aliphatic hydroxyl groups excluding tert-OH is 1. The molecule has 0 spiro atoms. The number of aliphatic carboxylic acids is 1. The van der Waals surface area contributed by atoms with E-state index in [1.807, 2.05) is 12.2 Å². The Labute approximate surface area is 118 Å². The minimum Gasteiger partial charge on any atom is -0.481 e. The number of hydrogen-bond donors (Lipinski definition) is 3. The van der Waals surface area contributed by atoms with Crippen LogP contribution in [0.5, 0.6) is 0 Å². The highest BCUT2D eigenvalue weighted by Crippen LogP contribution is 2.48. The van der Waals surface area contributed by atoms with Gasteiger partial charge in [0.05, 0.1) is 24.0 Å². The highest BCUT2D eigenvalue weighted by molar-refractivity contribution is 5.87. The third-order valence-corrected chi connectivity index (χ3v) is 5.30. The van der Waals surface area contributed by atoms with Gasteiger partial charge in [0.2, 0.25) is 5.91 Å². The van der Waals surface area contributed by atoms with Crippen molar-refractivity contribution in [2.45, 2.75) is 37.6 Å². The van der Waals surface area contributed by atoms with Crippen molar-refractivity contribution < 1.29 is 19.8 Å². The minimum absolute atomic E-state index is 0.0121. The molecule has 0 aromatic carbocycles. The number of allylic oxidation sites excluding steroid dienone is 2. The Hall–Kier alpha value is -1.36. The Morgan fingerprint density at radius 1 is 1.15 bits per heavy atom. The van der Waals surface area contributed by atoms with Gasteiger partial charge >= 0.3 is 5.97 Å². The number of carboxylic acid groups (broad SMARTS) is 1. The Morgan fingerprint density at radius 3 is 2.30 bits per heavy atom. The smallest absolute Gasteiger partial charge is 0.307 e. The molecule has 1 amide bonds. The van der Waals surface area contributed by atoms with Crippen molar-refractivity contribution in [3.05, 3.63) is 12.2 Å². The molecule has 5 heteroatoms. The van der Waals surface area contributed by atoms with Gasteiger partial charge in [0, 0.05) is 0 Å². The SMILES string of the molecule is O=C(O)C1C2C=CC(C2)C1C(=O)NC1(CO)CCCC1. The van der Waals surface area contributed by atoms with Crippen molar-refractivity contribution in [1.29, 1.82) is 0 Å². The summed E-state index contributed by atoms with van der Waals surface area (Å²) < 4.78 is 0. The molecule has 0 aromatic heterocycles. The first-order chi connectivity index (χ1) is 9.56. The van der Waals surface area contributed by atoms with Crippen LogP contribution in [0, 0.1) is 23.7 Å². The Morgan fingerprint density at radius 2 is 1.75 bits per heavy atom. The van der Waals surface area contributed by atoms with E-state index in [0.717, 1.165) is 32.1 Å². The number of carbonyl (C=O) groups is 2. The van der Waals surface area contributed by atoms with Crippen molar-refractivity contribution in [1.82, 2.24) is 5.32 Å². The van der Waals surface area contributed by atoms with E-state index in [2.05, 4.69) is 5.32 Å². The fourth-order valence-corrected chi connectivity index (χ4v) is 4.24. The molecule has 5 nitrogen and oxygen atoms in total. The number of hydrogen-bond acceptors (Lipinski definition) is 3. The number of nitrogens with one attached hydrogen (secondary N) is 1. The highest BCUT2D eigenvalue weighted by atomic mass is 16.4. The van der Waals surface area contributed by atoms with Gasteiger partial charge in [0.25, 0.3) is 0 Å². The standard InChI is InChI=1S/C15H21NO4/c17-8-15(5-1-2-6-15)16-13(18)11-9-3-4-10(7-9)12(11)14(19)20/h3-4,9-12,17H,1-2,5-8H2,(H,16,18)(H,19,20). The molecule has 3 N–H and O–H groups in total. The maximum absolute atomic E-state index is 12.6. The zero-order chi connectivity index (χ0) is 14.3. The molecule has 0 radical (unpaired) electrons. The summed E-state index contributed by atoms with van der Waals surface area (Å²) in [6.45, 7) is -0.0624. The lowest BCUT2D eigenvalue weighted by molar-refractivity contribution is -0.148. The van der Waals surface area contributed by atoms with Gasteiger partial charge in [-0.05, 0) is 31.1 Å². The van der Waals surface area contributed by atoms with Crippen molar-refractivity contribution >= 4 is 11.9 Å². The van der Waals surface area contributed by atoms with E-state index >= 15 is 0 Å². The van der Waals surface area contributed by atoms with E-state index < -0.39 is 23.3 Å². The van der Waals surface area contributed by atoms with Crippen LogP contribution in [0.15, 0.2) is 12.2 Å². The van der Waals surface area contributed by atoms with Gasteiger partial charge in [-0.15, -0.1) is 0 Å². The van der Waals surface area contributed by atoms with Crippen LogP contribution in [0.3, 0.4) is 0 Å². The van der Waals surface area contributed by atoms with E-state index in [4.69, 9.17) is 0 Å². The van der Waals surface area contributed by atoms with E-state index in [0.29, 0.717) is 0 Å². The highest BCUT2D eigenvalue weighted by Gasteiger charge is 2.52. The molecule has 4 atom stereocenters. The topological polar surface area (TPSA) is 86.6 Å². The summed E-state index contributed by atoms with van der Waals surface area (Å²) in [5.74, 6) is -2.13. The predicted octanol–water partition coefficient (Wildman–Crippen LogP) is 0.931. The Bertz CT molecular complexity index is 453. The van der Waals surface area contributed by atoms with Crippen LogP contribution in [-0.4, -0.2) is 34.2 Å². The molecular formula is C15H21NO4. The monoisotopic (exact) mass is 279 g/mol. The third-order valence-electron chi connectivity index (χ3n) is 5.30. The van der Waals surface area contributed by atoms with Crippen LogP contribution >= 0.6 is 0 Å². The van der Waals surface area contributed by atoms with Crippen molar-refractivity contribution in [3.8, 4) is 0 Å². The second kappa shape index (κ2) is 4.88. The van der Waals surface area contributed by atoms with Gasteiger partial charge in [0.15, 0.2) is 0 Å². The molecule has 0 aliphatic heterocycles. The Kier molecular flexibility index (Phi) is 3.32. The van der Waals surface area contributed by atoms with Crippen LogP contribution < -0.4 is 5.32 Å². The lowest BCUT2D eigenvalue weighted by atomic mass is 9.81. The zero-order valence-electron chi connectivity index (χ0n) is 11.4. The van der Waals surface area contributed by atoms with Crippen molar-refractivity contribution in [2.75, 3.05) is 6.61 Å². The van der Waals surface area contributed by atoms with Gasteiger partial charge < -0.3 is 15.5 Å². The minimum atomic E-state index is -0.883. The lowest BCUT2D eigenvalue weighted by Gasteiger charge is -2.32. The number of fused-ring (bicyclic) bond motifs is 2. The first-order valence-electron chi connectivity index (χ1n) is 7.40. The second-order valence-electron chi connectivity index (χ2n) is 6.47. The summed E-state index contributed by atoms with van der Waals surface area (Å²) >= 11 is 0. The van der Waals surface area contributed by atoms with Gasteiger partial charge in [-0.3, -0.25) is 9.59 Å². The predicted molar refractivity (Wildman–Crippen MR) is 71.8 cm³/mol. The van der Waals surface area contributed by atoms with Crippen LogP contribution in [0.1, 0.15) is 32.1 Å². The van der Waals surface area contributed by atoms with Crippen molar-refractivity contribution in [3.63, 3.8) is 0 Å². The summed E-state index contributed by atoms with van der Waals surface area (Å²) in [5.41, 5.74) is -0.522. The fraction of sp³-hybridized carbons (Fsp3) is 0.733. The van der Waals surface area contributed by atoms with E-state index in [-0.39, 0.29) is 24.3 Å². The first kappa shape index (κ1) is 13.6. The van der Waals surface area contributed by atoms with Crippen LogP contribution in [-0.2, 0) is 9.59 Å². The number of amides is 1. The zero-order valence-corrected chi connectivity index (χ0v) is 11.4. The molecule has 20 heavy (non-hydrogen) atoms. The maximum Gasteiger partial charge on any atom is 0.307 e. The van der Waals surface area contributed by atoms with Crippen LogP contribution in [0.2, 0.25) is 0 Å². The van der Waals surface area contributed by atoms with Gasteiger partial charge in [-0.2, -0.15) is 0 Å². The van der Waals surface area contributed by atoms with Crippen LogP contribution in [0.4, 0.5) is 0 Å². The maximum atomic E-state index is 12.6. The molecule has 0 heterocycles. The van der Waals surface area contributed by atoms with Crippen molar-refractivity contribution in [2.24, 2.45) is 23.7 Å². The second-order valence-corrected chi connectivity index (χ2v) is 6.47. The number of carboxylic acids is 1. The number of rotatable bonds is 4. The first-order valence-corrected chi connectivity index (χ1v) is 7.40.